The van der Waals surface area contributed by atoms with E-state index in [0.717, 1.165) is 6.07 Å². The molecule has 0 saturated carbocycles. The average Bonchev–Trinajstić information content (AvgIpc) is 2.23. The number of carbonyl (C=O) groups is 1. The lowest BCUT2D eigenvalue weighted by atomic mass is 10.2. The van der Waals surface area contributed by atoms with Crippen molar-refractivity contribution in [3.63, 3.8) is 0 Å². The summed E-state index contributed by atoms with van der Waals surface area (Å²) in [5, 5.41) is -0.0517. The van der Waals surface area contributed by atoms with Crippen molar-refractivity contribution in [2.75, 3.05) is 12.8 Å². The van der Waals surface area contributed by atoms with Crippen LogP contribution in [0.5, 0.6) is 0 Å². The number of halogens is 3. The fourth-order valence-electron chi connectivity index (χ4n) is 1.05. The van der Waals surface area contributed by atoms with Crippen LogP contribution in [0.4, 0.5) is 14.5 Å². The molecule has 7 heteroatoms. The van der Waals surface area contributed by atoms with Crippen LogP contribution >= 0.6 is 11.6 Å². The van der Waals surface area contributed by atoms with Crippen LogP contribution in [0.3, 0.4) is 0 Å². The first kappa shape index (κ1) is 12.6. The number of ether oxygens (including phenoxy) is 1. The molecule has 1 aromatic rings. The van der Waals surface area contributed by atoms with Crippen LogP contribution in [0, 0.1) is 0 Å². The maximum atomic E-state index is 12.4. The fourth-order valence-corrected chi connectivity index (χ4v) is 1.27. The number of methoxy groups -OCH3 is 1. The number of alkyl halides is 2. The molecule has 0 aliphatic rings. The topological polar surface area (TPSA) is 65.2 Å². The zero-order valence-corrected chi connectivity index (χ0v) is 9.09. The third-order valence-electron chi connectivity index (χ3n) is 1.87. The van der Waals surface area contributed by atoms with Crippen LogP contribution < -0.4 is 5.73 Å². The van der Waals surface area contributed by atoms with Gasteiger partial charge in [0.15, 0.2) is 0 Å². The van der Waals surface area contributed by atoms with Gasteiger partial charge in [-0.05, 0) is 6.07 Å². The van der Waals surface area contributed by atoms with Crippen molar-refractivity contribution in [3.05, 3.63) is 22.5 Å². The predicted molar refractivity (Wildman–Crippen MR) is 54.3 cm³/mol. The van der Waals surface area contributed by atoms with E-state index in [1.165, 1.54) is 7.11 Å². The number of nitrogen functional groups attached to an aromatic ring is 1. The van der Waals surface area contributed by atoms with Gasteiger partial charge in [0.1, 0.15) is 5.69 Å². The Morgan fingerprint density at radius 2 is 2.31 bits per heavy atom. The van der Waals surface area contributed by atoms with Gasteiger partial charge in [0.05, 0.1) is 29.9 Å². The second kappa shape index (κ2) is 5.07. The van der Waals surface area contributed by atoms with Crippen LogP contribution in [0.1, 0.15) is 17.8 Å². The minimum absolute atomic E-state index is 0.00495. The van der Waals surface area contributed by atoms with E-state index in [-0.39, 0.29) is 22.8 Å². The van der Waals surface area contributed by atoms with E-state index < -0.39 is 18.1 Å². The van der Waals surface area contributed by atoms with E-state index >= 15 is 0 Å². The molecule has 0 aromatic carbocycles. The number of aromatic nitrogens is 1. The molecule has 2 N–H and O–H groups in total. The highest BCUT2D eigenvalue weighted by atomic mass is 35.5. The maximum Gasteiger partial charge on any atom is 0.311 e. The maximum absolute atomic E-state index is 12.4. The molecular weight excluding hydrogens is 242 g/mol. The molecular formula is C9H9ClF2N2O2. The van der Waals surface area contributed by atoms with Crippen molar-refractivity contribution in [1.29, 1.82) is 0 Å². The molecule has 0 spiro atoms. The lowest BCUT2D eigenvalue weighted by Gasteiger charge is -2.08. The molecule has 1 aromatic heterocycles. The Hall–Kier alpha value is -1.43. The van der Waals surface area contributed by atoms with Gasteiger partial charge < -0.3 is 10.5 Å². The van der Waals surface area contributed by atoms with Crippen molar-refractivity contribution in [1.82, 2.24) is 4.98 Å². The molecule has 4 nitrogen and oxygen atoms in total. The molecule has 0 unspecified atom stereocenters. The summed E-state index contributed by atoms with van der Waals surface area (Å²) in [5.41, 5.74) is 5.00. The molecule has 0 atom stereocenters. The van der Waals surface area contributed by atoms with Gasteiger partial charge in [-0.2, -0.15) is 0 Å². The molecule has 0 aliphatic heterocycles. The molecule has 0 aliphatic carbocycles. The van der Waals surface area contributed by atoms with Gasteiger partial charge in [-0.3, -0.25) is 4.79 Å². The summed E-state index contributed by atoms with van der Waals surface area (Å²) in [6.45, 7) is 0. The highest BCUT2D eigenvalue weighted by Gasteiger charge is 2.17. The zero-order chi connectivity index (χ0) is 12.3. The van der Waals surface area contributed by atoms with E-state index in [9.17, 15) is 13.6 Å². The van der Waals surface area contributed by atoms with Gasteiger partial charge in [-0.15, -0.1) is 0 Å². The van der Waals surface area contributed by atoms with Crippen LogP contribution in [-0.2, 0) is 16.0 Å². The Kier molecular flexibility index (Phi) is 4.00. The number of hydrogen-bond donors (Lipinski definition) is 1. The van der Waals surface area contributed by atoms with Gasteiger partial charge in [0.2, 0.25) is 0 Å². The zero-order valence-electron chi connectivity index (χ0n) is 8.34. The third kappa shape index (κ3) is 2.79. The van der Waals surface area contributed by atoms with Crippen LogP contribution in [0.25, 0.3) is 0 Å². The van der Waals surface area contributed by atoms with Crippen LogP contribution in [0.2, 0.25) is 5.02 Å². The fraction of sp³-hybridized carbons (Fsp3) is 0.333. The Balaban J connectivity index is 3.11. The van der Waals surface area contributed by atoms with E-state index in [4.69, 9.17) is 17.3 Å². The third-order valence-corrected chi connectivity index (χ3v) is 2.18. The molecule has 0 amide bonds. The van der Waals surface area contributed by atoms with Crippen LogP contribution in [-0.4, -0.2) is 18.1 Å². The summed E-state index contributed by atoms with van der Waals surface area (Å²) in [5.74, 6) is -0.623. The highest BCUT2D eigenvalue weighted by molar-refractivity contribution is 6.33. The normalized spacial score (nSPS) is 10.6. The summed E-state index contributed by atoms with van der Waals surface area (Å²) in [4.78, 5) is 14.5. The Bertz CT molecular complexity index is 413. The molecule has 0 saturated heterocycles. The largest absolute Gasteiger partial charge is 0.469 e. The lowest BCUT2D eigenvalue weighted by Crippen LogP contribution is -2.10. The quantitative estimate of drug-likeness (QED) is 0.833. The minimum Gasteiger partial charge on any atom is -0.469 e. The number of nitrogens with zero attached hydrogens (tertiary/aromatic N) is 1. The average molecular weight is 251 g/mol. The van der Waals surface area contributed by atoms with Gasteiger partial charge in [0.25, 0.3) is 6.43 Å². The summed E-state index contributed by atoms with van der Waals surface area (Å²) in [6, 6.07) is 0.975. The molecule has 88 valence electrons. The Labute approximate surface area is 95.4 Å². The van der Waals surface area contributed by atoms with Crippen molar-refractivity contribution < 1.29 is 18.3 Å². The molecule has 16 heavy (non-hydrogen) atoms. The van der Waals surface area contributed by atoms with Crippen molar-refractivity contribution in [3.8, 4) is 0 Å². The van der Waals surface area contributed by atoms with Gasteiger partial charge in [-0.25, -0.2) is 13.8 Å². The van der Waals surface area contributed by atoms with E-state index in [2.05, 4.69) is 9.72 Å². The second-order valence-electron chi connectivity index (χ2n) is 2.94. The first-order valence-electron chi connectivity index (χ1n) is 4.25. The number of rotatable bonds is 3. The number of nitrogens with two attached hydrogens (primary N) is 1. The molecule has 0 radical (unpaired) electrons. The second-order valence-corrected chi connectivity index (χ2v) is 3.35. The summed E-state index contributed by atoms with van der Waals surface area (Å²) in [7, 11) is 1.18. The van der Waals surface area contributed by atoms with Crippen molar-refractivity contribution in [2.45, 2.75) is 12.8 Å². The molecule has 1 rings (SSSR count). The lowest BCUT2D eigenvalue weighted by molar-refractivity contribution is -0.139. The molecule has 0 bridgehead atoms. The van der Waals surface area contributed by atoms with E-state index in [1.54, 1.807) is 0 Å². The first-order chi connectivity index (χ1) is 7.45. The standard InChI is InChI=1S/C9H9ClF2N2O2/c1-16-7(15)3-5-8(13)4(10)2-6(14-5)9(11)12/h2,9H,3,13H2,1H3. The number of pyridine rings is 1. The van der Waals surface area contributed by atoms with Gasteiger partial charge >= 0.3 is 5.97 Å². The SMILES string of the molecule is COC(=O)Cc1nc(C(F)F)cc(Cl)c1N. The number of esters is 1. The van der Waals surface area contributed by atoms with Gasteiger partial charge in [-0.1, -0.05) is 11.6 Å². The summed E-state index contributed by atoms with van der Waals surface area (Å²) < 4.78 is 29.2. The van der Waals surface area contributed by atoms with Crippen molar-refractivity contribution >= 4 is 23.3 Å². The summed E-state index contributed by atoms with van der Waals surface area (Å²) >= 11 is 5.64. The molecule has 0 fully saturated rings. The number of carbonyl (C=O) groups excluding carboxylic acids is 1. The highest BCUT2D eigenvalue weighted by Crippen LogP contribution is 2.27. The van der Waals surface area contributed by atoms with Gasteiger partial charge in [0, 0.05) is 0 Å². The number of anilines is 1. The molecule has 1 heterocycles. The smallest absolute Gasteiger partial charge is 0.311 e. The van der Waals surface area contributed by atoms with E-state index in [1.807, 2.05) is 0 Å². The Morgan fingerprint density at radius 3 is 2.81 bits per heavy atom. The summed E-state index contributed by atoms with van der Waals surface area (Å²) in [6.07, 6.45) is -3.06. The Morgan fingerprint density at radius 1 is 1.69 bits per heavy atom. The van der Waals surface area contributed by atoms with Crippen LogP contribution in [0.15, 0.2) is 6.07 Å². The van der Waals surface area contributed by atoms with E-state index in [0.29, 0.717) is 0 Å². The minimum atomic E-state index is -2.77. The first-order valence-corrected chi connectivity index (χ1v) is 4.63. The van der Waals surface area contributed by atoms with Crippen molar-refractivity contribution in [2.24, 2.45) is 0 Å². The monoisotopic (exact) mass is 250 g/mol. The number of hydrogen-bond acceptors (Lipinski definition) is 4. The predicted octanol–water partition coefficient (Wildman–Crippen LogP) is 1.97.